The lowest BCUT2D eigenvalue weighted by molar-refractivity contribution is -0.111. The number of rotatable bonds is 2. The lowest BCUT2D eigenvalue weighted by Gasteiger charge is -2.27. The molecular weight excluding hydrogens is 455 g/mol. The average molecular weight is 506 g/mol. The molecule has 0 aromatic carbocycles. The summed E-state index contributed by atoms with van der Waals surface area (Å²) in [6.45, 7) is 14.3. The first kappa shape index (κ1) is 30.6. The van der Waals surface area contributed by atoms with E-state index in [0.717, 1.165) is 51.4 Å². The number of amides is 2. The second-order valence-electron chi connectivity index (χ2n) is 10.8. The van der Waals surface area contributed by atoms with Crippen molar-refractivity contribution in [2.75, 3.05) is 39.4 Å². The fourth-order valence-corrected chi connectivity index (χ4v) is 3.65. The van der Waals surface area contributed by atoms with E-state index in [-0.39, 0.29) is 30.6 Å². The van der Waals surface area contributed by atoms with Crippen molar-refractivity contribution >= 4 is 27.7 Å². The molecule has 2 saturated heterocycles. The van der Waals surface area contributed by atoms with Gasteiger partial charge in [-0.3, -0.25) is 0 Å². The number of carbonyl (C=O) groups is 3. The molecule has 2 aliphatic heterocycles. The summed E-state index contributed by atoms with van der Waals surface area (Å²) in [6.07, 6.45) is 6.28. The molecule has 3 atom stereocenters. The maximum Gasteiger partial charge on any atom is 0.410 e. The van der Waals surface area contributed by atoms with Crippen LogP contribution in [0.25, 0.3) is 0 Å². The zero-order chi connectivity index (χ0) is 27.1. The minimum absolute atomic E-state index is 0.0324. The second-order valence-corrected chi connectivity index (χ2v) is 10.8. The summed E-state index contributed by atoms with van der Waals surface area (Å²) in [4.78, 5) is 37.8. The molecule has 2 amide bonds. The van der Waals surface area contributed by atoms with Crippen LogP contribution in [0.2, 0.25) is 0 Å². The normalized spacial score (nSPS) is 21.8. The molecule has 0 bridgehead atoms. The Labute approximate surface area is 210 Å². The maximum atomic E-state index is 11.9. The highest BCUT2D eigenvalue weighted by atomic mass is 31.0. The van der Waals surface area contributed by atoms with E-state index in [9.17, 15) is 14.4 Å². The van der Waals surface area contributed by atoms with E-state index >= 15 is 0 Å². The first-order chi connectivity index (χ1) is 16.3. The molecule has 2 rings (SSSR count). The molecule has 1 N–H and O–H groups in total. The van der Waals surface area contributed by atoms with E-state index < -0.39 is 11.2 Å². The zero-order valence-electron chi connectivity index (χ0n) is 23.2. The van der Waals surface area contributed by atoms with Crippen LogP contribution in [0.4, 0.5) is 9.59 Å². The summed E-state index contributed by atoms with van der Waals surface area (Å²) in [5.74, 6) is 0.171. The van der Waals surface area contributed by atoms with Crippen LogP contribution in [0.5, 0.6) is 0 Å². The number of hydrogen-bond acceptors (Lipinski definition) is 6. The number of aliphatic hydroxyl groups is 1. The molecule has 8 nitrogen and oxygen atoms in total. The molecule has 0 aliphatic carbocycles. The Hall–Kier alpha value is -1.40. The zero-order valence-corrected chi connectivity index (χ0v) is 23.3. The van der Waals surface area contributed by atoms with Gasteiger partial charge in [0.2, 0.25) is 0 Å². The Kier molecular flexibility index (Phi) is 14.7. The van der Waals surface area contributed by atoms with Gasteiger partial charge in [0.1, 0.15) is 17.5 Å². The van der Waals surface area contributed by atoms with Crippen LogP contribution in [-0.4, -0.2) is 84.0 Å². The van der Waals surface area contributed by atoms with Crippen molar-refractivity contribution in [3.05, 3.63) is 0 Å². The third-order valence-electron chi connectivity index (χ3n) is 5.23. The van der Waals surface area contributed by atoms with Crippen LogP contribution in [0.1, 0.15) is 81.4 Å². The molecule has 9 heteroatoms. The van der Waals surface area contributed by atoms with E-state index in [1.807, 2.05) is 41.5 Å². The monoisotopic (exact) mass is 505 g/mol. The van der Waals surface area contributed by atoms with Gasteiger partial charge in [0.25, 0.3) is 0 Å². The van der Waals surface area contributed by atoms with Crippen LogP contribution in [0.15, 0.2) is 0 Å². The van der Waals surface area contributed by atoms with Crippen molar-refractivity contribution in [1.29, 1.82) is 0 Å². The van der Waals surface area contributed by atoms with Crippen molar-refractivity contribution in [2.45, 2.75) is 91.3 Å². The molecule has 0 saturated carbocycles. The molecule has 0 aromatic rings. The van der Waals surface area contributed by atoms with Crippen molar-refractivity contribution in [1.82, 2.24) is 9.80 Å². The van der Waals surface area contributed by atoms with Crippen LogP contribution in [-0.2, 0) is 14.3 Å². The molecule has 2 heterocycles. The van der Waals surface area contributed by atoms with E-state index in [2.05, 4.69) is 9.24 Å². The first-order valence-electron chi connectivity index (χ1n) is 13.0. The molecule has 2 fully saturated rings. The number of carbonyl (C=O) groups excluding carboxylic acids is 3. The van der Waals surface area contributed by atoms with Crippen LogP contribution in [0, 0.1) is 11.8 Å². The summed E-state index contributed by atoms with van der Waals surface area (Å²) in [5.41, 5.74) is -0.918. The van der Waals surface area contributed by atoms with Gasteiger partial charge in [-0.25, -0.2) is 9.59 Å². The van der Waals surface area contributed by atoms with Gasteiger partial charge in [0, 0.05) is 40.1 Å². The molecular formula is C25H49N2O6P. The average Bonchev–Trinajstić information content (AvgIpc) is 3.13. The Morgan fingerprint density at radius 3 is 1.79 bits per heavy atom. The standard InChI is InChI=1S/C12H23NO3.C12H21NO3.CH5P/c2*1-12(2,3)16-11(15)13-7-5-4-6-10(8-13)9-14;1-2/h10,14H,4-9H2,1-3H3;9-10H,4-8H2,1-3H3;2H2,1H3/i;;1D. The Bertz CT molecular complexity index is 624. The van der Waals surface area contributed by atoms with Crippen LogP contribution < -0.4 is 0 Å². The van der Waals surface area contributed by atoms with E-state index in [1.54, 1.807) is 9.80 Å². The van der Waals surface area contributed by atoms with Gasteiger partial charge in [0.05, 0.1) is 0 Å². The predicted molar refractivity (Wildman–Crippen MR) is 139 cm³/mol. The van der Waals surface area contributed by atoms with Gasteiger partial charge in [0.15, 0.2) is 0 Å². The first-order valence-corrected chi connectivity index (χ1v) is 13.1. The van der Waals surface area contributed by atoms with Gasteiger partial charge < -0.3 is 29.2 Å². The molecule has 2 aliphatic rings. The number of hydrogen-bond donors (Lipinski definition) is 1. The van der Waals surface area contributed by atoms with Crippen LogP contribution in [0.3, 0.4) is 0 Å². The van der Waals surface area contributed by atoms with E-state index in [0.29, 0.717) is 26.3 Å². The second kappa shape index (κ2) is 16.3. The predicted octanol–water partition coefficient (Wildman–Crippen LogP) is 4.73. The summed E-state index contributed by atoms with van der Waals surface area (Å²) in [7, 11) is 2.25. The van der Waals surface area contributed by atoms with E-state index in [1.165, 1.54) is 0 Å². The summed E-state index contributed by atoms with van der Waals surface area (Å²) < 4.78 is 16.8. The lowest BCUT2D eigenvalue weighted by Crippen LogP contribution is -2.39. The van der Waals surface area contributed by atoms with Gasteiger partial charge in [-0.05, 0) is 73.1 Å². The maximum absolute atomic E-state index is 11.9. The molecule has 34 heavy (non-hydrogen) atoms. The lowest BCUT2D eigenvalue weighted by atomic mass is 10.1. The SMILES string of the molecule is CC(C)(C)OC(=O)N1CCCCC(C=O)C1.CC(C)(C)OC(=O)N1CCCCC(CO)C1.[2H]CP. The minimum atomic E-state index is -0.472. The van der Waals surface area contributed by atoms with Gasteiger partial charge in [-0.15, -0.1) is 9.24 Å². The van der Waals surface area contributed by atoms with Crippen molar-refractivity contribution in [3.8, 4) is 0 Å². The van der Waals surface area contributed by atoms with Crippen molar-refractivity contribution < 1.29 is 30.3 Å². The molecule has 3 unspecified atom stereocenters. The molecule has 200 valence electrons. The van der Waals surface area contributed by atoms with Crippen molar-refractivity contribution in [3.63, 3.8) is 0 Å². The van der Waals surface area contributed by atoms with Gasteiger partial charge in [-0.2, -0.15) is 0 Å². The van der Waals surface area contributed by atoms with Gasteiger partial charge in [-0.1, -0.05) is 19.5 Å². The number of nitrogens with zero attached hydrogens (tertiary/aromatic N) is 2. The highest BCUT2D eigenvalue weighted by molar-refractivity contribution is 7.15. The van der Waals surface area contributed by atoms with E-state index in [4.69, 9.17) is 16.0 Å². The fourth-order valence-electron chi connectivity index (χ4n) is 3.65. The number of aldehydes is 1. The molecule has 0 spiro atoms. The van der Waals surface area contributed by atoms with Gasteiger partial charge >= 0.3 is 12.2 Å². The largest absolute Gasteiger partial charge is 0.444 e. The number of ether oxygens (including phenoxy) is 2. The summed E-state index contributed by atoms with van der Waals surface area (Å²) in [5, 5.41) is 9.17. The summed E-state index contributed by atoms with van der Waals surface area (Å²) >= 11 is 0. The highest BCUT2D eigenvalue weighted by Crippen LogP contribution is 2.19. The quantitative estimate of drug-likeness (QED) is 0.431. The minimum Gasteiger partial charge on any atom is -0.444 e. The third-order valence-corrected chi connectivity index (χ3v) is 5.23. The molecule has 0 aromatic heterocycles. The fraction of sp³-hybridized carbons (Fsp3) is 0.880. The van der Waals surface area contributed by atoms with Crippen molar-refractivity contribution in [2.24, 2.45) is 11.8 Å². The topological polar surface area (TPSA) is 96.4 Å². The Morgan fingerprint density at radius 1 is 0.941 bits per heavy atom. The number of aliphatic hydroxyl groups excluding tert-OH is 1. The molecule has 0 radical (unpaired) electrons. The number of likely N-dealkylation sites (tertiary alicyclic amines) is 2. The van der Waals surface area contributed by atoms with Crippen LogP contribution >= 0.6 is 9.24 Å². The Morgan fingerprint density at radius 2 is 1.38 bits per heavy atom. The summed E-state index contributed by atoms with van der Waals surface area (Å²) in [6, 6.07) is 0. The Balaban J connectivity index is 0.000000594. The smallest absolute Gasteiger partial charge is 0.410 e. The third kappa shape index (κ3) is 14.8. The highest BCUT2D eigenvalue weighted by Gasteiger charge is 2.27.